The van der Waals surface area contributed by atoms with Crippen LogP contribution in [0.3, 0.4) is 0 Å². The molecule has 0 amide bonds. The van der Waals surface area contributed by atoms with Gasteiger partial charge in [0.05, 0.1) is 12.7 Å². The van der Waals surface area contributed by atoms with Crippen LogP contribution in [-0.2, 0) is 6.54 Å². The highest BCUT2D eigenvalue weighted by Crippen LogP contribution is 2.32. The van der Waals surface area contributed by atoms with E-state index in [1.54, 1.807) is 23.9 Å². The Balaban J connectivity index is 1.26. The zero-order valence-corrected chi connectivity index (χ0v) is 19.6. The lowest BCUT2D eigenvalue weighted by atomic mass is 10.1. The molecule has 1 aliphatic rings. The molecule has 1 unspecified atom stereocenters. The van der Waals surface area contributed by atoms with E-state index in [0.29, 0.717) is 23.8 Å². The van der Waals surface area contributed by atoms with E-state index in [1.807, 2.05) is 49.6 Å². The molecule has 2 aromatic heterocycles. The number of hydrogen-bond donors (Lipinski definition) is 1. The lowest BCUT2D eigenvalue weighted by Crippen LogP contribution is -2.39. The lowest BCUT2D eigenvalue weighted by Gasteiger charge is -2.24. The Kier molecular flexibility index (Phi) is 6.34. The van der Waals surface area contributed by atoms with Crippen LogP contribution in [0.25, 0.3) is 22.6 Å². The number of carbonyl (C=O) groups is 1. The number of guanidine groups is 1. The Hall–Kier alpha value is -4.34. The van der Waals surface area contributed by atoms with Gasteiger partial charge in [-0.3, -0.25) is 9.79 Å². The molecule has 1 aliphatic heterocycles. The van der Waals surface area contributed by atoms with E-state index < -0.39 is 0 Å². The van der Waals surface area contributed by atoms with Crippen molar-refractivity contribution in [3.63, 3.8) is 0 Å². The molecular formula is C25H26N8O2. The summed E-state index contributed by atoms with van der Waals surface area (Å²) in [6.45, 7) is 1.48. The molecule has 10 heteroatoms. The van der Waals surface area contributed by atoms with Gasteiger partial charge in [0, 0.05) is 37.3 Å². The second kappa shape index (κ2) is 9.88. The van der Waals surface area contributed by atoms with Gasteiger partial charge in [0.15, 0.2) is 5.96 Å². The first-order valence-corrected chi connectivity index (χ1v) is 11.5. The average Bonchev–Trinajstić information content (AvgIpc) is 3.67. The van der Waals surface area contributed by atoms with Crippen LogP contribution in [0.2, 0.25) is 0 Å². The summed E-state index contributed by atoms with van der Waals surface area (Å²) in [7, 11) is 3.64. The molecule has 3 heterocycles. The molecule has 178 valence electrons. The predicted molar refractivity (Wildman–Crippen MR) is 131 cm³/mol. The summed E-state index contributed by atoms with van der Waals surface area (Å²) in [6.07, 6.45) is 4.71. The van der Waals surface area contributed by atoms with Crippen LogP contribution in [0.1, 0.15) is 40.7 Å². The summed E-state index contributed by atoms with van der Waals surface area (Å²) in [5.74, 6) is 2.00. The summed E-state index contributed by atoms with van der Waals surface area (Å²) >= 11 is 0. The maximum Gasteiger partial charge on any atom is 0.249 e. The van der Waals surface area contributed by atoms with Gasteiger partial charge in [-0.25, -0.2) is 4.68 Å². The van der Waals surface area contributed by atoms with Crippen molar-refractivity contribution in [2.75, 3.05) is 20.6 Å². The van der Waals surface area contributed by atoms with Crippen molar-refractivity contribution in [3.05, 3.63) is 71.7 Å². The third kappa shape index (κ3) is 4.68. The molecule has 0 spiro atoms. The minimum atomic E-state index is 0.0258. The van der Waals surface area contributed by atoms with Gasteiger partial charge < -0.3 is 14.7 Å². The van der Waals surface area contributed by atoms with Crippen molar-refractivity contribution >= 4 is 12.2 Å². The highest BCUT2D eigenvalue weighted by Gasteiger charge is 2.32. The fraction of sp³-hybridized carbons (Fsp3) is 0.280. The smallest absolute Gasteiger partial charge is 0.249 e. The number of likely N-dealkylation sites (tertiary alicyclic amines) is 1. The van der Waals surface area contributed by atoms with Gasteiger partial charge in [0.1, 0.15) is 18.0 Å². The van der Waals surface area contributed by atoms with Crippen molar-refractivity contribution in [2.45, 2.75) is 25.4 Å². The third-order valence-corrected chi connectivity index (χ3v) is 6.12. The first-order chi connectivity index (χ1) is 17.2. The zero-order chi connectivity index (χ0) is 24.2. The van der Waals surface area contributed by atoms with Gasteiger partial charge in [0.2, 0.25) is 11.7 Å². The number of hydrogen-bond acceptors (Lipinski definition) is 7. The Labute approximate surface area is 202 Å². The second-order valence-corrected chi connectivity index (χ2v) is 8.34. The molecule has 0 radical (unpaired) electrons. The number of nitrogens with zero attached hydrogens (tertiary/aromatic N) is 7. The maximum absolute atomic E-state index is 10.8. The van der Waals surface area contributed by atoms with E-state index in [2.05, 4.69) is 35.7 Å². The summed E-state index contributed by atoms with van der Waals surface area (Å²) in [6, 6.07) is 15.3. The Morgan fingerprint density at radius 2 is 1.94 bits per heavy atom. The molecule has 10 nitrogen and oxygen atoms in total. The van der Waals surface area contributed by atoms with E-state index >= 15 is 0 Å². The first kappa shape index (κ1) is 22.5. The molecule has 1 fully saturated rings. The topological polar surface area (TPSA) is 114 Å². The predicted octanol–water partition coefficient (Wildman–Crippen LogP) is 3.20. The van der Waals surface area contributed by atoms with Gasteiger partial charge in [-0.15, -0.1) is 5.10 Å². The number of benzene rings is 2. The minimum absolute atomic E-state index is 0.0258. The average molecular weight is 471 g/mol. The molecular weight excluding hydrogens is 444 g/mol. The van der Waals surface area contributed by atoms with Crippen molar-refractivity contribution < 1.29 is 9.32 Å². The first-order valence-electron chi connectivity index (χ1n) is 11.5. The fourth-order valence-corrected chi connectivity index (χ4v) is 4.34. The normalized spacial score (nSPS) is 16.0. The Morgan fingerprint density at radius 3 is 2.66 bits per heavy atom. The Morgan fingerprint density at radius 1 is 1.17 bits per heavy atom. The van der Waals surface area contributed by atoms with E-state index in [0.717, 1.165) is 54.0 Å². The molecule has 5 rings (SSSR count). The van der Waals surface area contributed by atoms with Crippen molar-refractivity contribution in [1.82, 2.24) is 35.4 Å². The number of nitrogens with one attached hydrogen (secondary N) is 1. The molecule has 35 heavy (non-hydrogen) atoms. The summed E-state index contributed by atoms with van der Waals surface area (Å²) in [4.78, 5) is 22.0. The SMILES string of the molecule is C/N=C(\NC)N1CCCC1c1nc(-c2ccc(Cn3cc(-c4ccc(C=O)cc4)nn3)cc2)no1. The van der Waals surface area contributed by atoms with Crippen LogP contribution in [0.15, 0.2) is 64.2 Å². The molecule has 0 bridgehead atoms. The number of rotatable bonds is 6. The number of carbonyl (C=O) groups excluding carboxylic acids is 1. The lowest BCUT2D eigenvalue weighted by molar-refractivity contribution is 0.112. The number of aromatic nitrogens is 5. The fourth-order valence-electron chi connectivity index (χ4n) is 4.34. The van der Waals surface area contributed by atoms with Crippen LogP contribution < -0.4 is 5.32 Å². The monoisotopic (exact) mass is 470 g/mol. The van der Waals surface area contributed by atoms with Crippen LogP contribution >= 0.6 is 0 Å². The molecule has 2 aromatic carbocycles. The molecule has 4 aromatic rings. The van der Waals surface area contributed by atoms with Crippen LogP contribution in [0, 0.1) is 0 Å². The van der Waals surface area contributed by atoms with Gasteiger partial charge in [-0.05, 0) is 18.4 Å². The summed E-state index contributed by atoms with van der Waals surface area (Å²) in [5, 5.41) is 15.8. The standard InChI is InChI=1S/C25H26N8O2/c1-26-25(27-2)33-13-3-4-22(33)24-28-23(30-35-24)20-11-5-17(6-12-20)14-32-15-21(29-31-32)19-9-7-18(16-34)8-10-19/h5-12,15-16,22H,3-4,13-14H2,1-2H3,(H,26,27). The van der Waals surface area contributed by atoms with Gasteiger partial charge in [-0.1, -0.05) is 58.9 Å². The van der Waals surface area contributed by atoms with Crippen molar-refractivity contribution in [1.29, 1.82) is 0 Å². The molecule has 1 atom stereocenters. The highest BCUT2D eigenvalue weighted by atomic mass is 16.5. The van der Waals surface area contributed by atoms with E-state index in [9.17, 15) is 4.79 Å². The second-order valence-electron chi connectivity index (χ2n) is 8.34. The molecule has 1 saturated heterocycles. The van der Waals surface area contributed by atoms with E-state index in [4.69, 9.17) is 4.52 Å². The van der Waals surface area contributed by atoms with Gasteiger partial charge in [0.25, 0.3) is 0 Å². The van der Waals surface area contributed by atoms with E-state index in [1.165, 1.54) is 0 Å². The highest BCUT2D eigenvalue weighted by molar-refractivity contribution is 5.80. The Bertz CT molecular complexity index is 1320. The third-order valence-electron chi connectivity index (χ3n) is 6.12. The van der Waals surface area contributed by atoms with Gasteiger partial charge in [-0.2, -0.15) is 4.98 Å². The van der Waals surface area contributed by atoms with Crippen LogP contribution in [0.4, 0.5) is 0 Å². The number of aldehydes is 1. The largest absolute Gasteiger partial charge is 0.359 e. The summed E-state index contributed by atoms with van der Waals surface area (Å²) in [5.41, 5.74) is 4.27. The maximum atomic E-state index is 10.8. The summed E-state index contributed by atoms with van der Waals surface area (Å²) < 4.78 is 7.42. The van der Waals surface area contributed by atoms with Crippen molar-refractivity contribution in [3.8, 4) is 22.6 Å². The zero-order valence-electron chi connectivity index (χ0n) is 19.6. The van der Waals surface area contributed by atoms with Crippen LogP contribution in [0.5, 0.6) is 0 Å². The van der Waals surface area contributed by atoms with Crippen molar-refractivity contribution in [2.24, 2.45) is 4.99 Å². The molecule has 0 saturated carbocycles. The molecule has 1 N–H and O–H groups in total. The van der Waals surface area contributed by atoms with Gasteiger partial charge >= 0.3 is 0 Å². The quantitative estimate of drug-likeness (QED) is 0.260. The minimum Gasteiger partial charge on any atom is -0.359 e. The van der Waals surface area contributed by atoms with E-state index in [-0.39, 0.29) is 6.04 Å². The molecule has 0 aliphatic carbocycles. The number of aliphatic imine (C=N–C) groups is 1. The van der Waals surface area contributed by atoms with Crippen LogP contribution in [-0.4, -0.2) is 62.9 Å².